The van der Waals surface area contributed by atoms with E-state index in [0.29, 0.717) is 29.4 Å². The Labute approximate surface area is 182 Å². The van der Waals surface area contributed by atoms with Crippen molar-refractivity contribution in [2.24, 2.45) is 5.14 Å². The molecule has 0 aliphatic heterocycles. The van der Waals surface area contributed by atoms with Crippen molar-refractivity contribution in [2.45, 2.75) is 38.5 Å². The first kappa shape index (κ1) is 22.2. The summed E-state index contributed by atoms with van der Waals surface area (Å²) in [5.74, 6) is 0.945. The smallest absolute Gasteiger partial charge is 0.238 e. The van der Waals surface area contributed by atoms with E-state index in [2.05, 4.69) is 26.7 Å². The number of hydrogen-bond donors (Lipinski definition) is 3. The van der Waals surface area contributed by atoms with Gasteiger partial charge in [-0.1, -0.05) is 12.1 Å². The summed E-state index contributed by atoms with van der Waals surface area (Å²) >= 11 is 0. The molecule has 3 aromatic rings. The number of sulfonamides is 1. The molecule has 0 aliphatic carbocycles. The van der Waals surface area contributed by atoms with Gasteiger partial charge in [-0.2, -0.15) is 10.2 Å². The van der Waals surface area contributed by atoms with Crippen molar-refractivity contribution >= 4 is 33.2 Å². The molecular weight excluding hydrogens is 412 g/mol. The first-order valence-electron chi connectivity index (χ1n) is 9.65. The normalized spacial score (nSPS) is 11.1. The predicted molar refractivity (Wildman–Crippen MR) is 121 cm³/mol. The first-order chi connectivity index (χ1) is 14.7. The average Bonchev–Trinajstić information content (AvgIpc) is 2.70. The molecule has 0 fully saturated rings. The van der Waals surface area contributed by atoms with Crippen molar-refractivity contribution < 1.29 is 8.42 Å². The Morgan fingerprint density at radius 2 is 1.71 bits per heavy atom. The third-order valence-corrected chi connectivity index (χ3v) is 5.89. The van der Waals surface area contributed by atoms with Gasteiger partial charge in [-0.05, 0) is 68.1 Å². The third-order valence-electron chi connectivity index (χ3n) is 4.83. The molecule has 0 radical (unpaired) electrons. The quantitative estimate of drug-likeness (QED) is 0.510. The van der Waals surface area contributed by atoms with Gasteiger partial charge in [-0.15, -0.1) is 0 Å². The molecular formula is C22H24N6O2S. The van der Waals surface area contributed by atoms with Gasteiger partial charge in [0.1, 0.15) is 5.82 Å². The van der Waals surface area contributed by atoms with E-state index in [1.165, 1.54) is 6.07 Å². The summed E-state index contributed by atoms with van der Waals surface area (Å²) in [4.78, 5) is 8.85. The van der Waals surface area contributed by atoms with Gasteiger partial charge in [0.15, 0.2) is 0 Å². The lowest BCUT2D eigenvalue weighted by atomic mass is 10.0. The van der Waals surface area contributed by atoms with Crippen molar-refractivity contribution in [3.8, 4) is 6.07 Å². The number of benzene rings is 2. The molecule has 0 saturated heterocycles. The molecule has 0 aliphatic rings. The fourth-order valence-corrected chi connectivity index (χ4v) is 3.93. The second-order valence-electron chi connectivity index (χ2n) is 7.30. The lowest BCUT2D eigenvalue weighted by Crippen LogP contribution is -2.14. The summed E-state index contributed by atoms with van der Waals surface area (Å²) in [6, 6.07) is 13.0. The Kier molecular flexibility index (Phi) is 6.53. The lowest BCUT2D eigenvalue weighted by Gasteiger charge is -2.13. The van der Waals surface area contributed by atoms with Gasteiger partial charge in [-0.25, -0.2) is 18.5 Å². The number of primary sulfonamides is 1. The molecule has 2 aromatic carbocycles. The molecule has 0 unspecified atom stereocenters. The molecule has 0 atom stereocenters. The summed E-state index contributed by atoms with van der Waals surface area (Å²) in [6.07, 6.45) is 2.89. The highest BCUT2D eigenvalue weighted by Gasteiger charge is 2.13. The molecule has 9 heteroatoms. The number of nitrogens with one attached hydrogen (secondary N) is 2. The SMILES string of the molecule is Cc1cc(Nc2nc(Nc3ccc(C)c(S(N)(=O)=O)c3)ncc2C)ccc1CCC#N. The fourth-order valence-electron chi connectivity index (χ4n) is 3.12. The Morgan fingerprint density at radius 3 is 2.39 bits per heavy atom. The minimum atomic E-state index is -3.83. The molecule has 4 N–H and O–H groups in total. The molecule has 1 heterocycles. The van der Waals surface area contributed by atoms with Crippen LogP contribution in [0.5, 0.6) is 0 Å². The van der Waals surface area contributed by atoms with Gasteiger partial charge < -0.3 is 10.6 Å². The van der Waals surface area contributed by atoms with Gasteiger partial charge in [0.2, 0.25) is 16.0 Å². The van der Waals surface area contributed by atoms with Crippen molar-refractivity contribution in [1.82, 2.24) is 9.97 Å². The van der Waals surface area contributed by atoms with Crippen molar-refractivity contribution in [1.29, 1.82) is 5.26 Å². The topological polar surface area (TPSA) is 134 Å². The number of nitriles is 1. The monoisotopic (exact) mass is 436 g/mol. The standard InChI is InChI=1S/C22H24N6O2S/c1-14-6-8-19(12-20(14)31(24,29)30)27-22-25-13-16(3)21(28-22)26-18-9-7-17(5-4-10-23)15(2)11-18/h6-9,11-13H,4-5H2,1-3H3,(H2,24,29,30)(H2,25,26,27,28). The van der Waals surface area contributed by atoms with E-state index in [1.54, 1.807) is 25.3 Å². The number of nitrogens with zero attached hydrogens (tertiary/aromatic N) is 3. The molecule has 0 amide bonds. The maximum atomic E-state index is 11.8. The Hall–Kier alpha value is -3.48. The number of aromatic nitrogens is 2. The van der Waals surface area contributed by atoms with E-state index in [1.807, 2.05) is 32.0 Å². The molecule has 8 nitrogen and oxygen atoms in total. The molecule has 0 spiro atoms. The summed E-state index contributed by atoms with van der Waals surface area (Å²) in [5.41, 5.74) is 5.04. The van der Waals surface area contributed by atoms with E-state index < -0.39 is 10.0 Å². The number of hydrogen-bond acceptors (Lipinski definition) is 7. The predicted octanol–water partition coefficient (Wildman–Crippen LogP) is 3.99. The summed E-state index contributed by atoms with van der Waals surface area (Å²) in [5, 5.41) is 20.4. The van der Waals surface area contributed by atoms with Crippen LogP contribution in [0.25, 0.3) is 0 Å². The zero-order valence-electron chi connectivity index (χ0n) is 17.6. The molecule has 1 aromatic heterocycles. The second-order valence-corrected chi connectivity index (χ2v) is 8.83. The molecule has 0 bridgehead atoms. The Bertz CT molecular complexity index is 1270. The minimum Gasteiger partial charge on any atom is -0.340 e. The van der Waals surface area contributed by atoms with Crippen molar-refractivity contribution in [2.75, 3.05) is 10.6 Å². The lowest BCUT2D eigenvalue weighted by molar-refractivity contribution is 0.597. The van der Waals surface area contributed by atoms with Crippen LogP contribution in [0.4, 0.5) is 23.1 Å². The minimum absolute atomic E-state index is 0.0509. The zero-order chi connectivity index (χ0) is 22.6. The molecule has 31 heavy (non-hydrogen) atoms. The highest BCUT2D eigenvalue weighted by molar-refractivity contribution is 7.89. The number of anilines is 4. The van der Waals surface area contributed by atoms with E-state index in [4.69, 9.17) is 10.4 Å². The third kappa shape index (κ3) is 5.57. The van der Waals surface area contributed by atoms with Crippen LogP contribution in [-0.4, -0.2) is 18.4 Å². The molecule has 0 saturated carbocycles. The Balaban J connectivity index is 1.83. The maximum absolute atomic E-state index is 11.8. The highest BCUT2D eigenvalue weighted by Crippen LogP contribution is 2.25. The van der Waals surface area contributed by atoms with Gasteiger partial charge in [0, 0.05) is 29.6 Å². The van der Waals surface area contributed by atoms with Gasteiger partial charge in [-0.3, -0.25) is 0 Å². The number of rotatable bonds is 7. The number of nitrogens with two attached hydrogens (primary N) is 1. The molecule has 3 rings (SSSR count). The van der Waals surface area contributed by atoms with Crippen LogP contribution in [0.15, 0.2) is 47.5 Å². The number of aryl methyl sites for hydroxylation is 4. The maximum Gasteiger partial charge on any atom is 0.238 e. The summed E-state index contributed by atoms with van der Waals surface area (Å²) < 4.78 is 23.5. The van der Waals surface area contributed by atoms with Gasteiger partial charge in [0.25, 0.3) is 0 Å². The zero-order valence-corrected chi connectivity index (χ0v) is 18.4. The van der Waals surface area contributed by atoms with Gasteiger partial charge in [0.05, 0.1) is 11.0 Å². The first-order valence-corrected chi connectivity index (χ1v) is 11.2. The fraction of sp³-hybridized carbons (Fsp3) is 0.227. The van der Waals surface area contributed by atoms with Crippen LogP contribution in [0, 0.1) is 32.1 Å². The van der Waals surface area contributed by atoms with E-state index in [0.717, 1.165) is 28.8 Å². The van der Waals surface area contributed by atoms with Crippen LogP contribution in [-0.2, 0) is 16.4 Å². The Morgan fingerprint density at radius 1 is 1.00 bits per heavy atom. The molecule has 160 valence electrons. The van der Waals surface area contributed by atoms with E-state index in [-0.39, 0.29) is 4.90 Å². The highest BCUT2D eigenvalue weighted by atomic mass is 32.2. The summed E-state index contributed by atoms with van der Waals surface area (Å²) in [7, 11) is -3.83. The van der Waals surface area contributed by atoms with Crippen LogP contribution in [0.2, 0.25) is 0 Å². The van der Waals surface area contributed by atoms with Gasteiger partial charge >= 0.3 is 0 Å². The van der Waals surface area contributed by atoms with Crippen LogP contribution in [0.1, 0.15) is 28.7 Å². The van der Waals surface area contributed by atoms with Crippen LogP contribution in [0.3, 0.4) is 0 Å². The summed E-state index contributed by atoms with van der Waals surface area (Å²) in [6.45, 7) is 5.59. The average molecular weight is 437 g/mol. The van der Waals surface area contributed by atoms with E-state index in [9.17, 15) is 8.42 Å². The van der Waals surface area contributed by atoms with Crippen LogP contribution >= 0.6 is 0 Å². The largest absolute Gasteiger partial charge is 0.340 e. The second kappa shape index (κ2) is 9.12. The van der Waals surface area contributed by atoms with Crippen LogP contribution < -0.4 is 15.8 Å². The van der Waals surface area contributed by atoms with E-state index >= 15 is 0 Å². The van der Waals surface area contributed by atoms with Crippen molar-refractivity contribution in [3.05, 3.63) is 64.8 Å². The van der Waals surface area contributed by atoms with Crippen molar-refractivity contribution in [3.63, 3.8) is 0 Å².